The van der Waals surface area contributed by atoms with Gasteiger partial charge in [-0.05, 0) is 119 Å². The van der Waals surface area contributed by atoms with Crippen LogP contribution in [-0.2, 0) is 12.8 Å². The minimum absolute atomic E-state index is 0. The molecule has 0 aliphatic heterocycles. The third-order valence-corrected chi connectivity index (χ3v) is 15.5. The summed E-state index contributed by atoms with van der Waals surface area (Å²) in [4.78, 5) is 38.1. The number of ether oxygens (including phenoxy) is 1. The molecule has 2 aromatic carbocycles. The van der Waals surface area contributed by atoms with E-state index in [0.29, 0.717) is 81.4 Å². The Labute approximate surface area is 481 Å². The van der Waals surface area contributed by atoms with E-state index in [9.17, 15) is 33.4 Å². The number of benzene rings is 2. The van der Waals surface area contributed by atoms with E-state index in [0.717, 1.165) is 72.5 Å². The predicted molar refractivity (Wildman–Crippen MR) is 294 cm³/mol. The number of hydrogen-bond donors (Lipinski definition) is 5. The first kappa shape index (κ1) is 58.9. The molecule has 0 radical (unpaired) electrons. The van der Waals surface area contributed by atoms with Crippen LogP contribution in [0.5, 0.6) is 5.75 Å². The Hall–Kier alpha value is -8.77. The highest BCUT2D eigenvalue weighted by atomic mass is 32.1. The molecule has 3 aliphatic rings. The number of hydrogen-bond acceptors (Lipinski definition) is 21. The molecule has 7 heterocycles. The molecule has 22 nitrogen and oxygen atoms in total. The number of aliphatic hydroxyl groups excluding tert-OH is 2. The van der Waals surface area contributed by atoms with Gasteiger partial charge in [-0.2, -0.15) is 14.0 Å². The maximum atomic E-state index is 13.1. The second kappa shape index (κ2) is 26.9. The van der Waals surface area contributed by atoms with Crippen molar-refractivity contribution >= 4 is 40.4 Å². The Bertz CT molecular complexity index is 3470. The SMILES string of the molecule is C.C[C@@H](O)c1nnc(CC2CC(NC(=O)c3cc(-c4ccc(F)s4)no3)C2)o1.C[C@@H](O)c1nnc(CC2CC(NC(=O)c3cc(-c4ccc(F)s4)no3)C2)o1.N#Cc1ccc(OCC2CC(NC(=O)c3cc(-c4ccccc4)no3)C2)cc1. The van der Waals surface area contributed by atoms with Crippen LogP contribution in [0.25, 0.3) is 32.4 Å². The van der Waals surface area contributed by atoms with Crippen molar-refractivity contribution in [3.63, 3.8) is 0 Å². The molecule has 9 aromatic rings. The van der Waals surface area contributed by atoms with Crippen molar-refractivity contribution < 1.29 is 60.5 Å². The number of thiophene rings is 2. The van der Waals surface area contributed by atoms with E-state index in [1.54, 1.807) is 56.3 Å². The summed E-state index contributed by atoms with van der Waals surface area (Å²) in [5.41, 5.74) is 3.04. The summed E-state index contributed by atoms with van der Waals surface area (Å²) in [6, 6.07) is 29.5. The molecule has 2 atom stereocenters. The standard InChI is InChI=1S/C22H19N3O3.2C17H17FN4O4S.CH4/c23-13-15-6-8-19(9-7-15)27-14-16-10-18(11-16)24-22(26)21-12-20(25-28-21)17-4-2-1-3-5-17;2*1-8(23)17-21-20-15(25-17)6-9-4-10(5-9)19-16(24)12-7-11(22-26-12)13-2-3-14(18)27-13;/h1-9,12,16,18H,10-11,14H2,(H,24,26);2*2-3,7-10,23H,4-6H2,1H3,(H,19,24);1H4/t;2*8-,9?,10?;/m.11./s1. The Morgan fingerprint density at radius 3 is 1.43 bits per heavy atom. The molecule has 3 saturated carbocycles. The van der Waals surface area contributed by atoms with Crippen molar-refractivity contribution in [2.45, 2.75) is 103 Å². The van der Waals surface area contributed by atoms with Crippen LogP contribution in [0.3, 0.4) is 0 Å². The molecular formula is C57H57F2N11O11S2. The third-order valence-electron chi connectivity index (χ3n) is 13.7. The number of carbonyl (C=O) groups is 3. The number of amides is 3. The zero-order valence-electron chi connectivity index (χ0n) is 43.9. The lowest BCUT2D eigenvalue weighted by Gasteiger charge is -2.35. The number of nitriles is 1. The minimum atomic E-state index is -0.780. The second-order valence-electron chi connectivity index (χ2n) is 20.1. The fourth-order valence-electron chi connectivity index (χ4n) is 9.20. The van der Waals surface area contributed by atoms with Gasteiger partial charge in [0.15, 0.2) is 10.3 Å². The number of carbonyl (C=O) groups excluding carboxylic acids is 3. The Kier molecular flexibility index (Phi) is 19.1. The molecule has 432 valence electrons. The number of halogens is 2. The van der Waals surface area contributed by atoms with Gasteiger partial charge in [-0.25, -0.2) is 0 Å². The molecular weight excluding hydrogens is 1120 g/mol. The first-order chi connectivity index (χ1) is 39.7. The van der Waals surface area contributed by atoms with E-state index in [-0.39, 0.29) is 82.6 Å². The third kappa shape index (κ3) is 15.4. The van der Waals surface area contributed by atoms with E-state index in [4.69, 9.17) is 32.4 Å². The van der Waals surface area contributed by atoms with Gasteiger partial charge in [0.25, 0.3) is 17.7 Å². The van der Waals surface area contributed by atoms with Crippen LogP contribution in [0.1, 0.15) is 133 Å². The second-order valence-corrected chi connectivity index (χ2v) is 22.2. The summed E-state index contributed by atoms with van der Waals surface area (Å²) in [5.74, 6) is 2.69. The Morgan fingerprint density at radius 2 is 1.04 bits per heavy atom. The van der Waals surface area contributed by atoms with E-state index < -0.39 is 12.2 Å². The van der Waals surface area contributed by atoms with Gasteiger partial charge in [0.2, 0.25) is 40.8 Å². The van der Waals surface area contributed by atoms with E-state index >= 15 is 0 Å². The van der Waals surface area contributed by atoms with Crippen molar-refractivity contribution in [1.82, 2.24) is 51.8 Å². The highest BCUT2D eigenvalue weighted by molar-refractivity contribution is 7.14. The predicted octanol–water partition coefficient (Wildman–Crippen LogP) is 9.90. The first-order valence-electron chi connectivity index (χ1n) is 26.2. The summed E-state index contributed by atoms with van der Waals surface area (Å²) in [6.45, 7) is 3.73. The zero-order valence-corrected chi connectivity index (χ0v) is 45.6. The lowest BCUT2D eigenvalue weighted by atomic mass is 9.78. The fourth-order valence-corrected chi connectivity index (χ4v) is 10.6. The van der Waals surface area contributed by atoms with Crippen LogP contribution in [-0.4, -0.2) is 88.5 Å². The molecule has 12 rings (SSSR count). The van der Waals surface area contributed by atoms with Crippen LogP contribution >= 0.6 is 22.7 Å². The van der Waals surface area contributed by atoms with Crippen LogP contribution in [0.15, 0.2) is 119 Å². The largest absolute Gasteiger partial charge is 0.493 e. The summed E-state index contributed by atoms with van der Waals surface area (Å²) < 4.78 is 58.0. The quantitative estimate of drug-likeness (QED) is 0.0533. The van der Waals surface area contributed by atoms with E-state index in [2.05, 4.69) is 57.9 Å². The maximum Gasteiger partial charge on any atom is 0.290 e. The van der Waals surface area contributed by atoms with Gasteiger partial charge < -0.3 is 53.3 Å². The van der Waals surface area contributed by atoms with Gasteiger partial charge in [-0.1, -0.05) is 53.2 Å². The zero-order chi connectivity index (χ0) is 57.3. The normalized spacial score (nSPS) is 19.2. The highest BCUT2D eigenvalue weighted by Gasteiger charge is 2.35. The lowest BCUT2D eigenvalue weighted by Crippen LogP contribution is -2.45. The number of nitrogens with one attached hydrogen (secondary N) is 3. The van der Waals surface area contributed by atoms with Crippen molar-refractivity contribution in [2.24, 2.45) is 17.8 Å². The molecule has 26 heteroatoms. The molecule has 0 spiro atoms. The maximum absolute atomic E-state index is 13.1. The monoisotopic (exact) mass is 1170 g/mol. The van der Waals surface area contributed by atoms with E-state index in [1.165, 1.54) is 24.3 Å². The van der Waals surface area contributed by atoms with E-state index in [1.807, 2.05) is 30.3 Å². The molecule has 83 heavy (non-hydrogen) atoms. The summed E-state index contributed by atoms with van der Waals surface area (Å²) in [5, 5.41) is 62.7. The van der Waals surface area contributed by atoms with Gasteiger partial charge in [0.1, 0.15) is 35.0 Å². The number of aliphatic hydroxyl groups is 2. The average molecular weight is 1170 g/mol. The summed E-state index contributed by atoms with van der Waals surface area (Å²) >= 11 is 1.89. The Balaban J connectivity index is 0.000000149. The van der Waals surface area contributed by atoms with Crippen molar-refractivity contribution in [3.05, 3.63) is 154 Å². The van der Waals surface area contributed by atoms with Crippen molar-refractivity contribution in [3.8, 4) is 44.2 Å². The van der Waals surface area contributed by atoms with Crippen molar-refractivity contribution in [1.29, 1.82) is 5.26 Å². The molecule has 0 saturated heterocycles. The lowest BCUT2D eigenvalue weighted by molar-refractivity contribution is 0.0812. The first-order valence-corrected chi connectivity index (χ1v) is 27.8. The fraction of sp³-hybridized carbons (Fsp3) is 0.351. The van der Waals surface area contributed by atoms with Crippen LogP contribution in [0.2, 0.25) is 0 Å². The van der Waals surface area contributed by atoms with Crippen molar-refractivity contribution in [2.75, 3.05) is 6.61 Å². The molecule has 3 amide bonds. The van der Waals surface area contributed by atoms with Crippen LogP contribution in [0.4, 0.5) is 8.78 Å². The van der Waals surface area contributed by atoms with Gasteiger partial charge in [-0.3, -0.25) is 14.4 Å². The molecule has 3 aliphatic carbocycles. The average Bonchev–Trinajstić information content (AvgIpc) is 4.37. The molecule has 7 aromatic heterocycles. The van der Waals surface area contributed by atoms with Gasteiger partial charge in [0.05, 0.1) is 28.0 Å². The van der Waals surface area contributed by atoms with Gasteiger partial charge in [-0.15, -0.1) is 43.1 Å². The molecule has 3 fully saturated rings. The molecule has 0 bridgehead atoms. The van der Waals surface area contributed by atoms with Gasteiger partial charge >= 0.3 is 0 Å². The number of nitrogens with zero attached hydrogens (tertiary/aromatic N) is 8. The Morgan fingerprint density at radius 1 is 0.614 bits per heavy atom. The number of aromatic nitrogens is 7. The minimum Gasteiger partial charge on any atom is -0.493 e. The van der Waals surface area contributed by atoms with Crippen LogP contribution in [0, 0.1) is 39.3 Å². The topological polar surface area (TPSA) is 317 Å². The van der Waals surface area contributed by atoms with Gasteiger partial charge in [0, 0.05) is 54.7 Å². The highest BCUT2D eigenvalue weighted by Crippen LogP contribution is 2.34. The molecule has 5 N–H and O–H groups in total. The smallest absolute Gasteiger partial charge is 0.290 e. The molecule has 0 unspecified atom stereocenters. The van der Waals surface area contributed by atoms with Crippen LogP contribution < -0.4 is 20.7 Å². The summed E-state index contributed by atoms with van der Waals surface area (Å²) in [6.07, 6.45) is 4.54. The summed E-state index contributed by atoms with van der Waals surface area (Å²) in [7, 11) is 0. The number of rotatable bonds is 18.